The van der Waals surface area contributed by atoms with Crippen molar-refractivity contribution in [2.45, 2.75) is 65.0 Å². The van der Waals surface area contributed by atoms with E-state index in [0.29, 0.717) is 12.1 Å². The summed E-state index contributed by atoms with van der Waals surface area (Å²) in [7, 11) is 0. The van der Waals surface area contributed by atoms with Crippen molar-refractivity contribution in [2.24, 2.45) is 11.8 Å². The third kappa shape index (κ3) is 3.82. The zero-order valence-corrected chi connectivity index (χ0v) is 12.7. The van der Waals surface area contributed by atoms with Crippen molar-refractivity contribution in [2.75, 3.05) is 0 Å². The highest BCUT2D eigenvalue weighted by molar-refractivity contribution is 5.19. The number of benzene rings is 1. The molecule has 1 aromatic rings. The minimum absolute atomic E-state index is 0.527. The molecule has 1 aliphatic carbocycles. The van der Waals surface area contributed by atoms with Crippen LogP contribution in [0.2, 0.25) is 0 Å². The second kappa shape index (κ2) is 7.09. The fourth-order valence-electron chi connectivity index (χ4n) is 3.56. The van der Waals surface area contributed by atoms with Crippen molar-refractivity contribution in [1.29, 1.82) is 0 Å². The van der Waals surface area contributed by atoms with E-state index in [9.17, 15) is 0 Å². The molecule has 106 valence electrons. The first-order valence-electron chi connectivity index (χ1n) is 8.03. The fraction of sp³-hybridized carbons (Fsp3) is 0.667. The zero-order valence-electron chi connectivity index (χ0n) is 12.7. The average Bonchev–Trinajstić information content (AvgIpc) is 2.43. The van der Waals surface area contributed by atoms with E-state index in [4.69, 9.17) is 0 Å². The zero-order chi connectivity index (χ0) is 13.7. The molecule has 3 unspecified atom stereocenters. The second-order valence-electron chi connectivity index (χ2n) is 6.33. The average molecular weight is 259 g/mol. The molecule has 0 bridgehead atoms. The summed E-state index contributed by atoms with van der Waals surface area (Å²) in [4.78, 5) is 0. The van der Waals surface area contributed by atoms with Crippen LogP contribution in [0.1, 0.15) is 64.5 Å². The van der Waals surface area contributed by atoms with Crippen LogP contribution < -0.4 is 5.32 Å². The lowest BCUT2D eigenvalue weighted by Crippen LogP contribution is -2.44. The molecule has 1 saturated carbocycles. The molecule has 0 aliphatic heterocycles. The first-order chi connectivity index (χ1) is 9.22. The molecule has 1 aromatic carbocycles. The minimum atomic E-state index is 0.527. The molecule has 3 atom stereocenters. The first kappa shape index (κ1) is 14.6. The molecular weight excluding hydrogens is 230 g/mol. The third-order valence-electron chi connectivity index (χ3n) is 4.72. The summed E-state index contributed by atoms with van der Waals surface area (Å²) in [5, 5.41) is 3.97. The van der Waals surface area contributed by atoms with Crippen LogP contribution in [0.3, 0.4) is 0 Å². The molecular formula is C18H29N. The molecule has 1 N–H and O–H groups in total. The third-order valence-corrected chi connectivity index (χ3v) is 4.72. The molecule has 0 spiro atoms. The number of hydrogen-bond donors (Lipinski definition) is 1. The Morgan fingerprint density at radius 1 is 1.11 bits per heavy atom. The van der Waals surface area contributed by atoms with Gasteiger partial charge in [0.25, 0.3) is 0 Å². The van der Waals surface area contributed by atoms with Gasteiger partial charge in [-0.05, 0) is 36.7 Å². The maximum absolute atomic E-state index is 3.97. The summed E-state index contributed by atoms with van der Waals surface area (Å²) in [6.07, 6.45) is 6.65. The van der Waals surface area contributed by atoms with E-state index < -0.39 is 0 Å². The Balaban J connectivity index is 2.07. The lowest BCUT2D eigenvalue weighted by Gasteiger charge is -2.38. The monoisotopic (exact) mass is 259 g/mol. The van der Waals surface area contributed by atoms with Gasteiger partial charge < -0.3 is 5.32 Å². The van der Waals surface area contributed by atoms with Gasteiger partial charge in [0.05, 0.1) is 0 Å². The van der Waals surface area contributed by atoms with E-state index in [1.165, 1.54) is 37.7 Å². The van der Waals surface area contributed by atoms with E-state index in [0.717, 1.165) is 11.8 Å². The smallest absolute Gasteiger partial charge is 0.0322 e. The summed E-state index contributed by atoms with van der Waals surface area (Å²) in [5.74, 6) is 1.62. The van der Waals surface area contributed by atoms with Gasteiger partial charge in [-0.25, -0.2) is 0 Å². The van der Waals surface area contributed by atoms with Gasteiger partial charge in [0.15, 0.2) is 0 Å². The minimum Gasteiger partial charge on any atom is -0.307 e. The quantitative estimate of drug-likeness (QED) is 0.789. The summed E-state index contributed by atoms with van der Waals surface area (Å²) in [6, 6.07) is 12.2. The number of nitrogens with one attached hydrogen (secondary N) is 1. The molecule has 0 amide bonds. The fourth-order valence-corrected chi connectivity index (χ4v) is 3.56. The summed E-state index contributed by atoms with van der Waals surface area (Å²) >= 11 is 0. The van der Waals surface area contributed by atoms with Crippen LogP contribution in [0.4, 0.5) is 0 Å². The Morgan fingerprint density at radius 2 is 1.74 bits per heavy atom. The molecule has 1 nitrogen and oxygen atoms in total. The van der Waals surface area contributed by atoms with Gasteiger partial charge in [0, 0.05) is 12.1 Å². The predicted octanol–water partition coefficient (Wildman–Crippen LogP) is 4.94. The largest absolute Gasteiger partial charge is 0.307 e. The van der Waals surface area contributed by atoms with Crippen molar-refractivity contribution >= 4 is 0 Å². The van der Waals surface area contributed by atoms with E-state index in [2.05, 4.69) is 56.4 Å². The van der Waals surface area contributed by atoms with Gasteiger partial charge in [-0.1, -0.05) is 63.9 Å². The Hall–Kier alpha value is -0.820. The van der Waals surface area contributed by atoms with Crippen LogP contribution in [0.25, 0.3) is 0 Å². The van der Waals surface area contributed by atoms with Gasteiger partial charge in [0.1, 0.15) is 0 Å². The van der Waals surface area contributed by atoms with E-state index >= 15 is 0 Å². The SMILES string of the molecule is CCCC(NC1C(C)CCCC1C)c1ccccc1. The lowest BCUT2D eigenvalue weighted by molar-refractivity contribution is 0.189. The van der Waals surface area contributed by atoms with E-state index in [-0.39, 0.29) is 0 Å². The molecule has 2 rings (SSSR count). The highest BCUT2D eigenvalue weighted by Crippen LogP contribution is 2.31. The van der Waals surface area contributed by atoms with Crippen LogP contribution in [-0.4, -0.2) is 6.04 Å². The Kier molecular flexibility index (Phi) is 5.45. The highest BCUT2D eigenvalue weighted by atomic mass is 15.0. The summed E-state index contributed by atoms with van der Waals surface area (Å²) in [5.41, 5.74) is 1.45. The molecule has 1 fully saturated rings. The van der Waals surface area contributed by atoms with Gasteiger partial charge >= 0.3 is 0 Å². The molecule has 19 heavy (non-hydrogen) atoms. The van der Waals surface area contributed by atoms with Crippen LogP contribution in [-0.2, 0) is 0 Å². The van der Waals surface area contributed by atoms with E-state index in [1.807, 2.05) is 0 Å². The van der Waals surface area contributed by atoms with E-state index in [1.54, 1.807) is 0 Å². The maximum Gasteiger partial charge on any atom is 0.0322 e. The Bertz CT molecular complexity index is 349. The van der Waals surface area contributed by atoms with Gasteiger partial charge in [-0.15, -0.1) is 0 Å². The van der Waals surface area contributed by atoms with Crippen molar-refractivity contribution in [3.63, 3.8) is 0 Å². The second-order valence-corrected chi connectivity index (χ2v) is 6.33. The Labute approximate surface area is 118 Å². The normalized spacial score (nSPS) is 29.1. The summed E-state index contributed by atoms with van der Waals surface area (Å²) in [6.45, 7) is 7.12. The van der Waals surface area contributed by atoms with Crippen LogP contribution in [0.5, 0.6) is 0 Å². The van der Waals surface area contributed by atoms with Crippen molar-refractivity contribution in [3.8, 4) is 0 Å². The molecule has 1 heteroatoms. The highest BCUT2D eigenvalue weighted by Gasteiger charge is 2.29. The van der Waals surface area contributed by atoms with Crippen LogP contribution >= 0.6 is 0 Å². The molecule has 0 saturated heterocycles. The molecule has 1 aliphatic rings. The van der Waals surface area contributed by atoms with Crippen molar-refractivity contribution in [1.82, 2.24) is 5.32 Å². The first-order valence-corrected chi connectivity index (χ1v) is 8.03. The standard InChI is InChI=1S/C18H29N/c1-4-9-17(16-12-6-5-7-13-16)19-18-14(2)10-8-11-15(18)3/h5-7,12-15,17-19H,4,8-11H2,1-3H3. The summed E-state index contributed by atoms with van der Waals surface area (Å²) < 4.78 is 0. The topological polar surface area (TPSA) is 12.0 Å². The molecule has 0 aromatic heterocycles. The van der Waals surface area contributed by atoms with Crippen LogP contribution in [0.15, 0.2) is 30.3 Å². The van der Waals surface area contributed by atoms with Crippen molar-refractivity contribution < 1.29 is 0 Å². The number of hydrogen-bond acceptors (Lipinski definition) is 1. The maximum atomic E-state index is 3.97. The molecule has 0 radical (unpaired) electrons. The van der Waals surface area contributed by atoms with Crippen molar-refractivity contribution in [3.05, 3.63) is 35.9 Å². The van der Waals surface area contributed by atoms with Gasteiger partial charge in [-0.2, -0.15) is 0 Å². The lowest BCUT2D eigenvalue weighted by atomic mass is 9.78. The van der Waals surface area contributed by atoms with Gasteiger partial charge in [-0.3, -0.25) is 0 Å². The molecule has 0 heterocycles. The predicted molar refractivity (Wildman–Crippen MR) is 83.2 cm³/mol. The Morgan fingerprint density at radius 3 is 2.32 bits per heavy atom. The van der Waals surface area contributed by atoms with Gasteiger partial charge in [0.2, 0.25) is 0 Å². The van der Waals surface area contributed by atoms with Crippen LogP contribution in [0, 0.1) is 11.8 Å². The number of rotatable bonds is 5.